The first-order valence-corrected chi connectivity index (χ1v) is 3.21. The van der Waals surface area contributed by atoms with Gasteiger partial charge in [0.1, 0.15) is 0 Å². The second kappa shape index (κ2) is 3.08. The maximum Gasteiger partial charge on any atom is 0.298 e. The van der Waals surface area contributed by atoms with Crippen LogP contribution in [0.25, 0.3) is 0 Å². The Morgan fingerprint density at radius 3 is 2.83 bits per heavy atom. The molecule has 0 aliphatic heterocycles. The normalized spacial score (nSPS) is 9.42. The maximum atomic E-state index is 10.3. The van der Waals surface area contributed by atoms with Gasteiger partial charge < -0.3 is 0 Å². The van der Waals surface area contributed by atoms with Crippen molar-refractivity contribution in [2.75, 3.05) is 0 Å². The second-order valence-corrected chi connectivity index (χ2v) is 2.29. The molecule has 0 radical (unpaired) electrons. The second-order valence-electron chi connectivity index (χ2n) is 2.29. The number of aryl methyl sites for hydroxylation is 1. The van der Waals surface area contributed by atoms with Crippen LogP contribution < -0.4 is 0 Å². The molecule has 0 aliphatic carbocycles. The van der Waals surface area contributed by atoms with Crippen LogP contribution in [0, 0.1) is 17.0 Å². The zero-order chi connectivity index (χ0) is 9.14. The molecular weight excluding hydrogens is 160 g/mol. The Bertz CT molecular complexity index is 335. The lowest BCUT2D eigenvalue weighted by Gasteiger charge is -1.94. The molecule has 12 heavy (non-hydrogen) atoms. The third-order valence-corrected chi connectivity index (χ3v) is 1.34. The van der Waals surface area contributed by atoms with Crippen molar-refractivity contribution in [3.8, 4) is 0 Å². The van der Waals surface area contributed by atoms with Crippen molar-refractivity contribution in [3.05, 3.63) is 33.6 Å². The van der Waals surface area contributed by atoms with E-state index >= 15 is 0 Å². The van der Waals surface area contributed by atoms with Crippen molar-refractivity contribution in [3.63, 3.8) is 0 Å². The van der Waals surface area contributed by atoms with Gasteiger partial charge in [0.2, 0.25) is 0 Å². The molecule has 1 rings (SSSR count). The SMILES string of the molecule is Cc1cnc(C=O)c([N+](=O)[O-])c1. The fraction of sp³-hybridized carbons (Fsp3) is 0.143. The zero-order valence-electron chi connectivity index (χ0n) is 6.35. The monoisotopic (exact) mass is 166 g/mol. The number of aldehydes is 1. The van der Waals surface area contributed by atoms with E-state index in [4.69, 9.17) is 0 Å². The van der Waals surface area contributed by atoms with Gasteiger partial charge in [0.05, 0.1) is 4.92 Å². The summed E-state index contributed by atoms with van der Waals surface area (Å²) in [6.45, 7) is 1.68. The average molecular weight is 166 g/mol. The van der Waals surface area contributed by atoms with Crippen molar-refractivity contribution < 1.29 is 9.72 Å². The summed E-state index contributed by atoms with van der Waals surface area (Å²) in [5, 5.41) is 10.3. The molecule has 0 N–H and O–H groups in total. The first-order valence-electron chi connectivity index (χ1n) is 3.21. The van der Waals surface area contributed by atoms with Crippen molar-refractivity contribution in [2.24, 2.45) is 0 Å². The lowest BCUT2D eigenvalue weighted by molar-refractivity contribution is -0.385. The lowest BCUT2D eigenvalue weighted by Crippen LogP contribution is -1.97. The number of aromatic nitrogens is 1. The predicted octanol–water partition coefficient (Wildman–Crippen LogP) is 1.11. The molecule has 5 nitrogen and oxygen atoms in total. The third-order valence-electron chi connectivity index (χ3n) is 1.34. The molecule has 0 unspecified atom stereocenters. The highest BCUT2D eigenvalue weighted by Crippen LogP contribution is 2.14. The number of rotatable bonds is 2. The smallest absolute Gasteiger partial charge is 0.296 e. The van der Waals surface area contributed by atoms with E-state index in [1.54, 1.807) is 6.92 Å². The van der Waals surface area contributed by atoms with Gasteiger partial charge in [-0.15, -0.1) is 0 Å². The summed E-state index contributed by atoms with van der Waals surface area (Å²) in [7, 11) is 0. The van der Waals surface area contributed by atoms with Crippen LogP contribution in [0.3, 0.4) is 0 Å². The van der Waals surface area contributed by atoms with Gasteiger partial charge in [0, 0.05) is 12.3 Å². The van der Waals surface area contributed by atoms with Gasteiger partial charge in [0.15, 0.2) is 12.0 Å². The largest absolute Gasteiger partial charge is 0.298 e. The minimum atomic E-state index is -0.621. The van der Waals surface area contributed by atoms with Crippen molar-refractivity contribution in [1.29, 1.82) is 0 Å². The molecule has 0 spiro atoms. The minimum absolute atomic E-state index is 0.134. The first kappa shape index (κ1) is 8.32. The Balaban J connectivity index is 3.30. The lowest BCUT2D eigenvalue weighted by atomic mass is 10.2. The van der Waals surface area contributed by atoms with E-state index < -0.39 is 4.92 Å². The average Bonchev–Trinajstić information content (AvgIpc) is 2.04. The summed E-state index contributed by atoms with van der Waals surface area (Å²) in [5.41, 5.74) is 0.280. The molecular formula is C7H6N2O3. The summed E-state index contributed by atoms with van der Waals surface area (Å²) in [4.78, 5) is 23.6. The summed E-state index contributed by atoms with van der Waals surface area (Å²) in [6.07, 6.45) is 1.79. The first-order chi connectivity index (χ1) is 5.65. The molecule has 1 heterocycles. The van der Waals surface area contributed by atoms with Crippen LogP contribution in [0.15, 0.2) is 12.3 Å². The topological polar surface area (TPSA) is 73.1 Å². The van der Waals surface area contributed by atoms with E-state index in [2.05, 4.69) is 4.98 Å². The van der Waals surface area contributed by atoms with Crippen molar-refractivity contribution in [2.45, 2.75) is 6.92 Å². The van der Waals surface area contributed by atoms with E-state index in [9.17, 15) is 14.9 Å². The minimum Gasteiger partial charge on any atom is -0.296 e. The summed E-state index contributed by atoms with van der Waals surface area (Å²) in [5.74, 6) is 0. The summed E-state index contributed by atoms with van der Waals surface area (Å²) < 4.78 is 0. The molecule has 0 fully saturated rings. The molecule has 0 saturated carbocycles. The number of nitrogens with zero attached hydrogens (tertiary/aromatic N) is 2. The number of carbonyl (C=O) groups is 1. The van der Waals surface area contributed by atoms with Crippen LogP contribution in [0.4, 0.5) is 5.69 Å². The van der Waals surface area contributed by atoms with E-state index in [0.717, 1.165) is 0 Å². The summed E-state index contributed by atoms with van der Waals surface area (Å²) in [6, 6.07) is 1.32. The molecule has 5 heteroatoms. The third kappa shape index (κ3) is 1.45. The Labute approximate surface area is 68.2 Å². The molecule has 1 aromatic heterocycles. The van der Waals surface area contributed by atoms with E-state index in [0.29, 0.717) is 11.8 Å². The Kier molecular flexibility index (Phi) is 2.14. The standard InChI is InChI=1S/C7H6N2O3/c1-5-2-7(9(11)12)6(4-10)8-3-5/h2-4H,1H3. The quantitative estimate of drug-likeness (QED) is 0.374. The van der Waals surface area contributed by atoms with Crippen LogP contribution in [-0.2, 0) is 0 Å². The van der Waals surface area contributed by atoms with Gasteiger partial charge in [-0.3, -0.25) is 14.9 Å². The van der Waals surface area contributed by atoms with Crippen LogP contribution in [0.5, 0.6) is 0 Å². The zero-order valence-corrected chi connectivity index (χ0v) is 6.35. The molecule has 62 valence electrons. The van der Waals surface area contributed by atoms with Gasteiger partial charge in [-0.05, 0) is 12.5 Å². The van der Waals surface area contributed by atoms with Crippen LogP contribution in [0.1, 0.15) is 16.1 Å². The highest BCUT2D eigenvalue weighted by atomic mass is 16.6. The highest BCUT2D eigenvalue weighted by Gasteiger charge is 2.13. The van der Waals surface area contributed by atoms with Crippen LogP contribution >= 0.6 is 0 Å². The molecule has 0 aromatic carbocycles. The van der Waals surface area contributed by atoms with E-state index in [1.807, 2.05) is 0 Å². The Morgan fingerprint density at radius 1 is 1.67 bits per heavy atom. The van der Waals surface area contributed by atoms with Gasteiger partial charge >= 0.3 is 0 Å². The van der Waals surface area contributed by atoms with Crippen LogP contribution in [0.2, 0.25) is 0 Å². The molecule has 0 atom stereocenters. The fourth-order valence-corrected chi connectivity index (χ4v) is 0.801. The molecule has 0 amide bonds. The number of carbonyl (C=O) groups excluding carboxylic acids is 1. The number of hydrogen-bond donors (Lipinski definition) is 0. The van der Waals surface area contributed by atoms with Crippen molar-refractivity contribution >= 4 is 12.0 Å². The molecule has 0 saturated heterocycles. The van der Waals surface area contributed by atoms with E-state index in [1.165, 1.54) is 12.3 Å². The van der Waals surface area contributed by atoms with Crippen LogP contribution in [-0.4, -0.2) is 16.2 Å². The molecule has 0 aliphatic rings. The van der Waals surface area contributed by atoms with Gasteiger partial charge in [-0.1, -0.05) is 0 Å². The fourth-order valence-electron chi connectivity index (χ4n) is 0.801. The Morgan fingerprint density at radius 2 is 2.33 bits per heavy atom. The predicted molar refractivity (Wildman–Crippen MR) is 41.0 cm³/mol. The number of hydrogen-bond acceptors (Lipinski definition) is 4. The van der Waals surface area contributed by atoms with Gasteiger partial charge in [-0.2, -0.15) is 0 Å². The Hall–Kier alpha value is -1.78. The van der Waals surface area contributed by atoms with Gasteiger partial charge in [-0.25, -0.2) is 4.98 Å². The van der Waals surface area contributed by atoms with E-state index in [-0.39, 0.29) is 11.4 Å². The maximum absolute atomic E-state index is 10.3. The van der Waals surface area contributed by atoms with Gasteiger partial charge in [0.25, 0.3) is 5.69 Å². The van der Waals surface area contributed by atoms with Crippen molar-refractivity contribution in [1.82, 2.24) is 4.98 Å². The summed E-state index contributed by atoms with van der Waals surface area (Å²) >= 11 is 0. The molecule has 1 aromatic rings. The number of pyridine rings is 1. The highest BCUT2D eigenvalue weighted by molar-refractivity contribution is 5.78. The molecule has 0 bridgehead atoms. The number of nitro groups is 1.